The topological polar surface area (TPSA) is 104 Å². The minimum absolute atomic E-state index is 0.0950. The molecule has 0 aliphatic carbocycles. The molecule has 1 aromatic rings. The van der Waals surface area contributed by atoms with Crippen LogP contribution in [0.3, 0.4) is 0 Å². The number of carbonyl (C=O) groups is 1. The van der Waals surface area contributed by atoms with Crippen molar-refractivity contribution in [3.63, 3.8) is 0 Å². The van der Waals surface area contributed by atoms with Crippen molar-refractivity contribution in [3.05, 3.63) is 39.9 Å². The molecule has 1 rings (SSSR count). The summed E-state index contributed by atoms with van der Waals surface area (Å²) in [6, 6.07) is 5.18. The lowest BCUT2D eigenvalue weighted by atomic mass is 10.2. The standard InChI is InChI=1S/C11H14N2O5/c14-7-5-12(6-8-15)11(16)9-1-3-10(4-2-9)13(17)18/h1-4,14-15H,5-8H2. The Hall–Kier alpha value is -1.99. The van der Waals surface area contributed by atoms with Gasteiger partial charge in [-0.05, 0) is 12.1 Å². The molecule has 0 radical (unpaired) electrons. The molecule has 0 aliphatic heterocycles. The van der Waals surface area contributed by atoms with Crippen LogP contribution in [0.4, 0.5) is 5.69 Å². The maximum atomic E-state index is 11.9. The molecule has 0 saturated carbocycles. The third-order valence-corrected chi connectivity index (χ3v) is 2.35. The second-order valence-corrected chi connectivity index (χ2v) is 3.54. The van der Waals surface area contributed by atoms with Gasteiger partial charge in [0, 0.05) is 30.8 Å². The number of nitro groups is 1. The number of rotatable bonds is 6. The molecule has 2 N–H and O–H groups in total. The number of nitrogens with zero attached hydrogens (tertiary/aromatic N) is 2. The van der Waals surface area contributed by atoms with Crippen LogP contribution < -0.4 is 0 Å². The van der Waals surface area contributed by atoms with Gasteiger partial charge in [0.2, 0.25) is 0 Å². The summed E-state index contributed by atoms with van der Waals surface area (Å²) < 4.78 is 0. The Morgan fingerprint density at radius 2 is 1.67 bits per heavy atom. The van der Waals surface area contributed by atoms with Crippen LogP contribution in [0.25, 0.3) is 0 Å². The van der Waals surface area contributed by atoms with Gasteiger partial charge in [0.25, 0.3) is 11.6 Å². The zero-order valence-corrected chi connectivity index (χ0v) is 9.65. The third kappa shape index (κ3) is 3.51. The van der Waals surface area contributed by atoms with E-state index in [9.17, 15) is 14.9 Å². The van der Waals surface area contributed by atoms with Crippen LogP contribution in [0, 0.1) is 10.1 Å². The van der Waals surface area contributed by atoms with Crippen molar-refractivity contribution in [1.82, 2.24) is 4.90 Å². The Morgan fingerprint density at radius 3 is 2.06 bits per heavy atom. The van der Waals surface area contributed by atoms with Gasteiger partial charge in [-0.2, -0.15) is 0 Å². The first-order valence-electron chi connectivity index (χ1n) is 5.35. The molecule has 0 aliphatic rings. The van der Waals surface area contributed by atoms with Crippen molar-refractivity contribution in [1.29, 1.82) is 0 Å². The second-order valence-electron chi connectivity index (χ2n) is 3.54. The third-order valence-electron chi connectivity index (χ3n) is 2.35. The monoisotopic (exact) mass is 254 g/mol. The largest absolute Gasteiger partial charge is 0.395 e. The normalized spacial score (nSPS) is 10.1. The average Bonchev–Trinajstić information content (AvgIpc) is 2.38. The maximum absolute atomic E-state index is 11.9. The molecule has 1 amide bonds. The molecule has 18 heavy (non-hydrogen) atoms. The first kappa shape index (κ1) is 14.1. The van der Waals surface area contributed by atoms with E-state index < -0.39 is 4.92 Å². The smallest absolute Gasteiger partial charge is 0.269 e. The van der Waals surface area contributed by atoms with E-state index in [1.165, 1.54) is 29.2 Å². The van der Waals surface area contributed by atoms with E-state index in [1.54, 1.807) is 0 Å². The number of aliphatic hydroxyl groups is 2. The zero-order valence-electron chi connectivity index (χ0n) is 9.65. The van der Waals surface area contributed by atoms with E-state index >= 15 is 0 Å². The molecule has 0 saturated heterocycles. The molecule has 7 heteroatoms. The highest BCUT2D eigenvalue weighted by atomic mass is 16.6. The molecule has 0 spiro atoms. The van der Waals surface area contributed by atoms with Gasteiger partial charge in [-0.1, -0.05) is 0 Å². The highest BCUT2D eigenvalue weighted by Gasteiger charge is 2.15. The number of aliphatic hydroxyl groups excluding tert-OH is 2. The summed E-state index contributed by atoms with van der Waals surface area (Å²) >= 11 is 0. The molecule has 0 aromatic heterocycles. The first-order chi connectivity index (χ1) is 8.60. The number of benzene rings is 1. The van der Waals surface area contributed by atoms with E-state index in [4.69, 9.17) is 10.2 Å². The summed E-state index contributed by atoms with van der Waals surface area (Å²) in [4.78, 5) is 23.1. The predicted octanol–water partition coefficient (Wildman–Crippen LogP) is 0.0216. The van der Waals surface area contributed by atoms with Gasteiger partial charge in [-0.25, -0.2) is 0 Å². The Kier molecular flexibility index (Phi) is 5.22. The summed E-state index contributed by atoms with van der Waals surface area (Å²) in [5.41, 5.74) is 0.185. The van der Waals surface area contributed by atoms with E-state index in [0.29, 0.717) is 0 Å². The fourth-order valence-electron chi connectivity index (χ4n) is 1.46. The van der Waals surface area contributed by atoms with Crippen molar-refractivity contribution in [3.8, 4) is 0 Å². The number of hydrogen-bond donors (Lipinski definition) is 2. The lowest BCUT2D eigenvalue weighted by molar-refractivity contribution is -0.384. The van der Waals surface area contributed by atoms with E-state index in [-0.39, 0.29) is 43.5 Å². The summed E-state index contributed by atoms with van der Waals surface area (Å²) in [5.74, 6) is -0.381. The first-order valence-corrected chi connectivity index (χ1v) is 5.35. The van der Waals surface area contributed by atoms with Crippen LogP contribution in [0.1, 0.15) is 10.4 Å². The lowest BCUT2D eigenvalue weighted by Crippen LogP contribution is -2.35. The SMILES string of the molecule is O=C(c1ccc([N+](=O)[O-])cc1)N(CCO)CCO. The van der Waals surface area contributed by atoms with Crippen LogP contribution in [-0.4, -0.2) is 52.2 Å². The minimum atomic E-state index is -0.548. The van der Waals surface area contributed by atoms with Crippen LogP contribution >= 0.6 is 0 Å². The summed E-state index contributed by atoms with van der Waals surface area (Å²) in [7, 11) is 0. The number of amides is 1. The average molecular weight is 254 g/mol. The maximum Gasteiger partial charge on any atom is 0.269 e. The Morgan fingerprint density at radius 1 is 1.17 bits per heavy atom. The van der Waals surface area contributed by atoms with Crippen molar-refractivity contribution < 1.29 is 19.9 Å². The molecular weight excluding hydrogens is 240 g/mol. The van der Waals surface area contributed by atoms with Crippen LogP contribution in [0.15, 0.2) is 24.3 Å². The lowest BCUT2D eigenvalue weighted by Gasteiger charge is -2.20. The number of non-ortho nitro benzene ring substituents is 1. The number of carbonyl (C=O) groups excluding carboxylic acids is 1. The quantitative estimate of drug-likeness (QED) is 0.550. The van der Waals surface area contributed by atoms with Gasteiger partial charge in [0.05, 0.1) is 18.1 Å². The molecule has 0 atom stereocenters. The zero-order chi connectivity index (χ0) is 13.5. The molecule has 0 fully saturated rings. The molecule has 0 heterocycles. The Labute approximate surface area is 103 Å². The van der Waals surface area contributed by atoms with Gasteiger partial charge in [0.15, 0.2) is 0 Å². The second kappa shape index (κ2) is 6.67. The van der Waals surface area contributed by atoms with Gasteiger partial charge in [-0.3, -0.25) is 14.9 Å². The fourth-order valence-corrected chi connectivity index (χ4v) is 1.46. The van der Waals surface area contributed by atoms with E-state index in [0.717, 1.165) is 0 Å². The Balaban J connectivity index is 2.84. The highest BCUT2D eigenvalue weighted by molar-refractivity contribution is 5.94. The van der Waals surface area contributed by atoms with Crippen molar-refractivity contribution in [2.75, 3.05) is 26.3 Å². The fraction of sp³-hybridized carbons (Fsp3) is 0.364. The van der Waals surface area contributed by atoms with Gasteiger partial charge < -0.3 is 15.1 Å². The summed E-state index contributed by atoms with van der Waals surface area (Å²) in [6.07, 6.45) is 0. The summed E-state index contributed by atoms with van der Waals surface area (Å²) in [5, 5.41) is 28.1. The molecular formula is C11H14N2O5. The van der Waals surface area contributed by atoms with Crippen LogP contribution in [-0.2, 0) is 0 Å². The molecule has 98 valence electrons. The Bertz CT molecular complexity index is 412. The number of nitro benzene ring substituents is 1. The van der Waals surface area contributed by atoms with E-state index in [2.05, 4.69) is 0 Å². The molecule has 7 nitrogen and oxygen atoms in total. The molecule has 0 bridgehead atoms. The minimum Gasteiger partial charge on any atom is -0.395 e. The van der Waals surface area contributed by atoms with Gasteiger partial charge in [0.1, 0.15) is 0 Å². The highest BCUT2D eigenvalue weighted by Crippen LogP contribution is 2.13. The van der Waals surface area contributed by atoms with Gasteiger partial charge in [-0.15, -0.1) is 0 Å². The molecule has 1 aromatic carbocycles. The van der Waals surface area contributed by atoms with Crippen molar-refractivity contribution in [2.24, 2.45) is 0 Å². The number of hydrogen-bond acceptors (Lipinski definition) is 5. The van der Waals surface area contributed by atoms with Crippen LogP contribution in [0.5, 0.6) is 0 Å². The van der Waals surface area contributed by atoms with E-state index in [1.807, 2.05) is 0 Å². The van der Waals surface area contributed by atoms with Crippen molar-refractivity contribution in [2.45, 2.75) is 0 Å². The molecule has 0 unspecified atom stereocenters. The van der Waals surface area contributed by atoms with Gasteiger partial charge >= 0.3 is 0 Å². The van der Waals surface area contributed by atoms with Crippen LogP contribution in [0.2, 0.25) is 0 Å². The predicted molar refractivity (Wildman–Crippen MR) is 63.2 cm³/mol. The van der Waals surface area contributed by atoms with Crippen molar-refractivity contribution >= 4 is 11.6 Å². The summed E-state index contributed by atoms with van der Waals surface area (Å²) in [6.45, 7) is -0.204.